The van der Waals surface area contributed by atoms with E-state index in [-0.39, 0.29) is 12.1 Å². The van der Waals surface area contributed by atoms with Crippen molar-refractivity contribution in [1.29, 1.82) is 5.26 Å². The van der Waals surface area contributed by atoms with E-state index in [2.05, 4.69) is 33.0 Å². The molecule has 5 aromatic rings. The van der Waals surface area contributed by atoms with Crippen LogP contribution >= 0.6 is 11.3 Å². The van der Waals surface area contributed by atoms with Gasteiger partial charge in [0.1, 0.15) is 29.9 Å². The van der Waals surface area contributed by atoms with Gasteiger partial charge in [0.2, 0.25) is 0 Å². The summed E-state index contributed by atoms with van der Waals surface area (Å²) in [6, 6.07) is 19.7. The normalized spacial score (nSPS) is 15.7. The standard InChI is InChI=1S/C36H35F2N7O3S/c1-25(34-42-33(20-49-34)28-7-3-26(18-39)4-8-28)36(21-45-23-40-22-41-45,31-12-11-30(37)17-32(31)38)48-24-47-35(46)29-9-5-27(6-10-29)19-44-15-13-43(2)14-16-44/h3-12,17,20,22-23,25H,13-16,19,21,24H2,1-2H3/t25-,36+/m0/s1. The molecular weight excluding hydrogens is 649 g/mol. The minimum atomic E-state index is -1.57. The number of nitrogens with zero attached hydrogens (tertiary/aromatic N) is 7. The summed E-state index contributed by atoms with van der Waals surface area (Å²) >= 11 is 1.34. The summed E-state index contributed by atoms with van der Waals surface area (Å²) in [6.45, 7) is 6.03. The van der Waals surface area contributed by atoms with Crippen molar-refractivity contribution >= 4 is 17.3 Å². The Labute approximate surface area is 287 Å². The van der Waals surface area contributed by atoms with Crippen LogP contribution in [0.3, 0.4) is 0 Å². The fraction of sp³-hybridized carbons (Fsp3) is 0.306. The van der Waals surface area contributed by atoms with Crippen molar-refractivity contribution in [2.45, 2.75) is 31.5 Å². The molecule has 49 heavy (non-hydrogen) atoms. The van der Waals surface area contributed by atoms with Crippen LogP contribution in [0.15, 0.2) is 84.8 Å². The van der Waals surface area contributed by atoms with Crippen LogP contribution in [0.4, 0.5) is 8.78 Å². The number of aromatic nitrogens is 4. The van der Waals surface area contributed by atoms with Gasteiger partial charge in [0.25, 0.3) is 0 Å². The second kappa shape index (κ2) is 15.1. The van der Waals surface area contributed by atoms with Gasteiger partial charge >= 0.3 is 5.97 Å². The number of hydrogen-bond acceptors (Lipinski definition) is 10. The van der Waals surface area contributed by atoms with Crippen LogP contribution in [0.25, 0.3) is 11.3 Å². The average molecular weight is 684 g/mol. The Kier molecular flexibility index (Phi) is 10.5. The molecule has 3 heterocycles. The average Bonchev–Trinajstić information content (AvgIpc) is 3.82. The van der Waals surface area contributed by atoms with E-state index in [0.29, 0.717) is 21.8 Å². The molecular formula is C36H35F2N7O3S. The topological polar surface area (TPSA) is 109 Å². The zero-order valence-electron chi connectivity index (χ0n) is 27.1. The monoisotopic (exact) mass is 683 g/mol. The maximum atomic E-state index is 15.7. The third kappa shape index (κ3) is 7.90. The first kappa shape index (κ1) is 34.0. The van der Waals surface area contributed by atoms with E-state index in [0.717, 1.165) is 56.0 Å². The highest BCUT2D eigenvalue weighted by Crippen LogP contribution is 2.44. The maximum absolute atomic E-state index is 15.7. The molecule has 1 saturated heterocycles. The van der Waals surface area contributed by atoms with Gasteiger partial charge in [-0.05, 0) is 42.9 Å². The number of likely N-dealkylation sites (N-methyl/N-ethyl adjacent to an activating group) is 1. The molecule has 0 bridgehead atoms. The van der Waals surface area contributed by atoms with Gasteiger partial charge in [-0.3, -0.25) is 4.90 Å². The number of benzene rings is 3. The molecule has 0 N–H and O–H groups in total. The molecule has 0 aliphatic carbocycles. The lowest BCUT2D eigenvalue weighted by atomic mass is 9.81. The molecule has 2 atom stereocenters. The molecule has 0 amide bonds. The number of ether oxygens (including phenoxy) is 2. The first-order valence-corrected chi connectivity index (χ1v) is 16.7. The van der Waals surface area contributed by atoms with Crippen LogP contribution in [0, 0.1) is 23.0 Å². The lowest BCUT2D eigenvalue weighted by Gasteiger charge is -2.38. The predicted octanol–water partition coefficient (Wildman–Crippen LogP) is 5.83. The quantitative estimate of drug-likeness (QED) is 0.119. The molecule has 252 valence electrons. The highest BCUT2D eigenvalue weighted by molar-refractivity contribution is 7.10. The summed E-state index contributed by atoms with van der Waals surface area (Å²) in [4.78, 5) is 26.7. The number of carbonyl (C=O) groups is 1. The zero-order valence-corrected chi connectivity index (χ0v) is 27.9. The van der Waals surface area contributed by atoms with E-state index < -0.39 is 35.9 Å². The van der Waals surface area contributed by atoms with Gasteiger partial charge in [-0.2, -0.15) is 10.4 Å². The van der Waals surface area contributed by atoms with Crippen LogP contribution < -0.4 is 0 Å². The number of carbonyl (C=O) groups excluding carboxylic acids is 1. The van der Waals surface area contributed by atoms with Crippen molar-refractivity contribution in [3.63, 3.8) is 0 Å². The Balaban J connectivity index is 1.25. The van der Waals surface area contributed by atoms with Crippen molar-refractivity contribution in [2.24, 2.45) is 0 Å². The summed E-state index contributed by atoms with van der Waals surface area (Å²) < 4.78 is 43.4. The second-order valence-electron chi connectivity index (χ2n) is 12.1. The van der Waals surface area contributed by atoms with Gasteiger partial charge in [0.05, 0.1) is 34.4 Å². The molecule has 6 rings (SSSR count). The minimum absolute atomic E-state index is 0.0383. The molecule has 0 unspecified atom stereocenters. The van der Waals surface area contributed by atoms with Crippen molar-refractivity contribution in [1.82, 2.24) is 29.5 Å². The summed E-state index contributed by atoms with van der Waals surface area (Å²) in [5, 5.41) is 15.9. The van der Waals surface area contributed by atoms with E-state index >= 15 is 4.39 Å². The zero-order chi connectivity index (χ0) is 34.4. The number of hydrogen-bond donors (Lipinski definition) is 0. The number of nitriles is 1. The Morgan fingerprint density at radius 1 is 1.06 bits per heavy atom. The molecule has 10 nitrogen and oxygen atoms in total. The summed E-state index contributed by atoms with van der Waals surface area (Å²) in [6.07, 6.45) is 2.81. The van der Waals surface area contributed by atoms with E-state index in [4.69, 9.17) is 14.5 Å². The van der Waals surface area contributed by atoms with Gasteiger partial charge in [0.15, 0.2) is 6.79 Å². The highest BCUT2D eigenvalue weighted by atomic mass is 32.1. The smallest absolute Gasteiger partial charge is 0.340 e. The number of thiazole rings is 1. The van der Waals surface area contributed by atoms with Gasteiger partial charge < -0.3 is 14.4 Å². The SMILES string of the molecule is C[C@@H](c1nc(-c2ccc(C#N)cc2)cs1)[C@@](Cn1cncn1)(OCOC(=O)c1ccc(CN2CCN(C)CC2)cc1)c1ccc(F)cc1F. The molecule has 2 aromatic heterocycles. The number of halogens is 2. The Morgan fingerprint density at radius 2 is 1.82 bits per heavy atom. The first-order valence-electron chi connectivity index (χ1n) is 15.8. The Morgan fingerprint density at radius 3 is 2.49 bits per heavy atom. The van der Waals surface area contributed by atoms with Crippen LogP contribution in [0.2, 0.25) is 0 Å². The fourth-order valence-corrected chi connectivity index (χ4v) is 6.87. The molecule has 0 saturated carbocycles. The molecule has 0 radical (unpaired) electrons. The lowest BCUT2D eigenvalue weighted by Crippen LogP contribution is -2.43. The third-order valence-electron chi connectivity index (χ3n) is 8.85. The van der Waals surface area contributed by atoms with Crippen molar-refractivity contribution in [3.8, 4) is 17.3 Å². The summed E-state index contributed by atoms with van der Waals surface area (Å²) in [5.41, 5.74) is 1.89. The first-order chi connectivity index (χ1) is 23.7. The molecule has 1 aliphatic heterocycles. The van der Waals surface area contributed by atoms with Gasteiger partial charge in [-0.15, -0.1) is 11.3 Å². The second-order valence-corrected chi connectivity index (χ2v) is 12.9. The van der Waals surface area contributed by atoms with Gasteiger partial charge in [0, 0.05) is 61.2 Å². The number of esters is 1. The van der Waals surface area contributed by atoms with Crippen LogP contribution in [-0.2, 0) is 28.2 Å². The highest BCUT2D eigenvalue weighted by Gasteiger charge is 2.45. The van der Waals surface area contributed by atoms with E-state index in [1.165, 1.54) is 34.7 Å². The lowest BCUT2D eigenvalue weighted by molar-refractivity contribution is -0.148. The van der Waals surface area contributed by atoms with Crippen molar-refractivity contribution in [2.75, 3.05) is 40.0 Å². The summed E-state index contributed by atoms with van der Waals surface area (Å²) in [5.74, 6) is -2.84. The predicted molar refractivity (Wildman–Crippen MR) is 179 cm³/mol. The molecule has 0 spiro atoms. The van der Waals surface area contributed by atoms with Crippen LogP contribution in [0.1, 0.15) is 44.9 Å². The maximum Gasteiger partial charge on any atom is 0.340 e. The van der Waals surface area contributed by atoms with Crippen LogP contribution in [-0.4, -0.2) is 75.5 Å². The minimum Gasteiger partial charge on any atom is -0.435 e. The van der Waals surface area contributed by atoms with E-state index in [1.54, 1.807) is 36.4 Å². The molecule has 3 aromatic carbocycles. The van der Waals surface area contributed by atoms with Crippen LogP contribution in [0.5, 0.6) is 0 Å². The molecule has 13 heteroatoms. The Bertz CT molecular complexity index is 1900. The van der Waals surface area contributed by atoms with Crippen molar-refractivity contribution in [3.05, 3.63) is 124 Å². The fourth-order valence-electron chi connectivity index (χ4n) is 5.91. The van der Waals surface area contributed by atoms with E-state index in [1.807, 2.05) is 24.4 Å². The van der Waals surface area contributed by atoms with E-state index in [9.17, 15) is 14.4 Å². The van der Waals surface area contributed by atoms with Crippen molar-refractivity contribution < 1.29 is 23.0 Å². The van der Waals surface area contributed by atoms with Gasteiger partial charge in [-0.25, -0.2) is 28.2 Å². The largest absolute Gasteiger partial charge is 0.435 e. The number of piperazine rings is 1. The summed E-state index contributed by atoms with van der Waals surface area (Å²) in [7, 11) is 2.12. The Hall–Kier alpha value is -4.87. The van der Waals surface area contributed by atoms with Gasteiger partial charge in [-0.1, -0.05) is 37.3 Å². The molecule has 1 fully saturated rings. The third-order valence-corrected chi connectivity index (χ3v) is 9.88. The molecule has 1 aliphatic rings. The number of rotatable bonds is 12.